The average molecular weight is 297 g/mol. The Morgan fingerprint density at radius 2 is 1.59 bits per heavy atom. The zero-order valence-electron chi connectivity index (χ0n) is 12.5. The third-order valence-electron chi connectivity index (χ3n) is 4.52. The highest BCUT2D eigenvalue weighted by Crippen LogP contribution is 2.27. The van der Waals surface area contributed by atoms with Crippen LogP contribution in [0.25, 0.3) is 6.08 Å². The maximum atomic E-state index is 12.2. The van der Waals surface area contributed by atoms with Gasteiger partial charge in [-0.25, -0.2) is 0 Å². The van der Waals surface area contributed by atoms with Crippen molar-refractivity contribution in [3.63, 3.8) is 0 Å². The Bertz CT molecular complexity index is 624. The van der Waals surface area contributed by atoms with Gasteiger partial charge >= 0.3 is 0 Å². The van der Waals surface area contributed by atoms with E-state index in [0.29, 0.717) is 17.7 Å². The Labute approximate surface area is 129 Å². The SMILES string of the molecule is O=Cc1ccc(C=C2CN(C3CCCCC3)C(=O)C2=O)cc1. The molecule has 0 unspecified atom stereocenters. The minimum absolute atomic E-state index is 0.216. The molecule has 4 heteroatoms. The van der Waals surface area contributed by atoms with Gasteiger partial charge in [-0.1, -0.05) is 43.5 Å². The molecular weight excluding hydrogens is 278 g/mol. The zero-order valence-corrected chi connectivity index (χ0v) is 12.5. The molecule has 1 saturated heterocycles. The highest BCUT2D eigenvalue weighted by atomic mass is 16.2. The minimum atomic E-state index is -0.384. The molecular formula is C18H19NO3. The van der Waals surface area contributed by atoms with Crippen LogP contribution in [0, 0.1) is 0 Å². The predicted molar refractivity (Wildman–Crippen MR) is 83.4 cm³/mol. The van der Waals surface area contributed by atoms with Crippen LogP contribution < -0.4 is 0 Å². The Balaban J connectivity index is 1.78. The van der Waals surface area contributed by atoms with Gasteiger partial charge in [-0.3, -0.25) is 14.4 Å². The molecule has 0 radical (unpaired) electrons. The van der Waals surface area contributed by atoms with Gasteiger partial charge in [-0.15, -0.1) is 0 Å². The molecule has 2 fully saturated rings. The molecule has 1 heterocycles. The largest absolute Gasteiger partial charge is 0.328 e. The first-order chi connectivity index (χ1) is 10.7. The van der Waals surface area contributed by atoms with Crippen LogP contribution in [0.1, 0.15) is 48.0 Å². The maximum Gasteiger partial charge on any atom is 0.295 e. The molecule has 4 nitrogen and oxygen atoms in total. The molecule has 1 aliphatic heterocycles. The molecule has 0 aromatic heterocycles. The van der Waals surface area contributed by atoms with Gasteiger partial charge in [-0.05, 0) is 24.5 Å². The smallest absolute Gasteiger partial charge is 0.295 e. The molecule has 1 aromatic rings. The van der Waals surface area contributed by atoms with Crippen LogP contribution in [0.2, 0.25) is 0 Å². The number of Topliss-reactive ketones (excluding diaryl/α,β-unsaturated/α-hetero) is 1. The fourth-order valence-corrected chi connectivity index (χ4v) is 3.27. The number of hydrogen-bond acceptors (Lipinski definition) is 3. The molecule has 0 atom stereocenters. The fourth-order valence-electron chi connectivity index (χ4n) is 3.27. The molecule has 2 aliphatic rings. The number of carbonyl (C=O) groups excluding carboxylic acids is 3. The van der Waals surface area contributed by atoms with Crippen molar-refractivity contribution in [1.29, 1.82) is 0 Å². The van der Waals surface area contributed by atoms with Gasteiger partial charge in [0.15, 0.2) is 0 Å². The van der Waals surface area contributed by atoms with E-state index >= 15 is 0 Å². The van der Waals surface area contributed by atoms with E-state index in [2.05, 4.69) is 0 Å². The van der Waals surface area contributed by atoms with Crippen LogP contribution in [0.15, 0.2) is 29.8 Å². The van der Waals surface area contributed by atoms with Gasteiger partial charge in [0.05, 0.1) is 6.54 Å². The van der Waals surface area contributed by atoms with E-state index in [4.69, 9.17) is 0 Å². The van der Waals surface area contributed by atoms with E-state index in [0.717, 1.165) is 37.5 Å². The topological polar surface area (TPSA) is 54.5 Å². The van der Waals surface area contributed by atoms with Crippen molar-refractivity contribution in [2.24, 2.45) is 0 Å². The number of ketones is 1. The quantitative estimate of drug-likeness (QED) is 0.489. The first kappa shape index (κ1) is 14.7. The van der Waals surface area contributed by atoms with Crippen LogP contribution in [0.4, 0.5) is 0 Å². The van der Waals surface area contributed by atoms with Crippen LogP contribution in [-0.2, 0) is 9.59 Å². The molecule has 1 saturated carbocycles. The van der Waals surface area contributed by atoms with Crippen molar-refractivity contribution in [1.82, 2.24) is 4.90 Å². The van der Waals surface area contributed by atoms with E-state index in [1.165, 1.54) is 6.42 Å². The number of amides is 1. The lowest BCUT2D eigenvalue weighted by molar-refractivity contribution is -0.140. The predicted octanol–water partition coefficient (Wildman–Crippen LogP) is 2.63. The number of likely N-dealkylation sites (tertiary alicyclic amines) is 1. The van der Waals surface area contributed by atoms with E-state index in [9.17, 15) is 14.4 Å². The van der Waals surface area contributed by atoms with E-state index in [1.807, 2.05) is 0 Å². The number of hydrogen-bond donors (Lipinski definition) is 0. The van der Waals surface area contributed by atoms with Crippen LogP contribution in [0.3, 0.4) is 0 Å². The van der Waals surface area contributed by atoms with Crippen molar-refractivity contribution in [3.05, 3.63) is 41.0 Å². The summed E-state index contributed by atoms with van der Waals surface area (Å²) in [5.41, 5.74) is 1.99. The minimum Gasteiger partial charge on any atom is -0.328 e. The lowest BCUT2D eigenvalue weighted by Crippen LogP contribution is -2.38. The molecule has 0 bridgehead atoms. The second kappa shape index (κ2) is 6.26. The summed E-state index contributed by atoms with van der Waals surface area (Å²) < 4.78 is 0. The number of rotatable bonds is 3. The summed E-state index contributed by atoms with van der Waals surface area (Å²) in [5.74, 6) is -0.743. The monoisotopic (exact) mass is 297 g/mol. The van der Waals surface area contributed by atoms with Gasteiger partial charge in [-0.2, -0.15) is 0 Å². The van der Waals surface area contributed by atoms with Crippen LogP contribution >= 0.6 is 0 Å². The second-order valence-corrected chi connectivity index (χ2v) is 6.01. The third-order valence-corrected chi connectivity index (χ3v) is 4.52. The standard InChI is InChI=1S/C18H19NO3/c20-12-14-8-6-13(7-9-14)10-15-11-19(18(22)17(15)21)16-4-2-1-3-5-16/h6-10,12,16H,1-5,11H2. The highest BCUT2D eigenvalue weighted by molar-refractivity contribution is 6.46. The second-order valence-electron chi connectivity index (χ2n) is 6.01. The Kier molecular flexibility index (Phi) is 4.18. The Morgan fingerprint density at radius 3 is 2.23 bits per heavy atom. The first-order valence-corrected chi connectivity index (χ1v) is 7.80. The average Bonchev–Trinajstić information content (AvgIpc) is 2.85. The highest BCUT2D eigenvalue weighted by Gasteiger charge is 2.38. The summed E-state index contributed by atoms with van der Waals surface area (Å²) >= 11 is 0. The zero-order chi connectivity index (χ0) is 15.5. The Morgan fingerprint density at radius 1 is 0.955 bits per heavy atom. The third kappa shape index (κ3) is 2.86. The molecule has 1 aromatic carbocycles. The van der Waals surface area contributed by atoms with Crippen molar-refractivity contribution in [3.8, 4) is 0 Å². The van der Waals surface area contributed by atoms with Gasteiger partial charge in [0.2, 0.25) is 5.78 Å². The van der Waals surface area contributed by atoms with Crippen molar-refractivity contribution < 1.29 is 14.4 Å². The molecule has 0 spiro atoms. The van der Waals surface area contributed by atoms with Gasteiger partial charge < -0.3 is 4.90 Å². The molecule has 1 amide bonds. The van der Waals surface area contributed by atoms with E-state index in [-0.39, 0.29) is 17.7 Å². The summed E-state index contributed by atoms with van der Waals surface area (Å²) in [6, 6.07) is 7.21. The lowest BCUT2D eigenvalue weighted by Gasteiger charge is -2.30. The maximum absolute atomic E-state index is 12.2. The number of carbonyl (C=O) groups is 3. The molecule has 3 rings (SSSR count). The van der Waals surface area contributed by atoms with E-state index in [1.54, 1.807) is 35.2 Å². The summed E-state index contributed by atoms with van der Waals surface area (Å²) in [6.07, 6.45) is 8.03. The lowest BCUT2D eigenvalue weighted by atomic mass is 9.94. The van der Waals surface area contributed by atoms with Gasteiger partial charge in [0.25, 0.3) is 5.91 Å². The van der Waals surface area contributed by atoms with Crippen molar-refractivity contribution in [2.45, 2.75) is 38.1 Å². The van der Waals surface area contributed by atoms with Crippen LogP contribution in [-0.4, -0.2) is 35.5 Å². The summed E-state index contributed by atoms with van der Waals surface area (Å²) in [4.78, 5) is 36.8. The van der Waals surface area contributed by atoms with Crippen molar-refractivity contribution >= 4 is 24.1 Å². The normalized spacial score (nSPS) is 21.6. The first-order valence-electron chi connectivity index (χ1n) is 7.80. The summed E-state index contributed by atoms with van der Waals surface area (Å²) in [7, 11) is 0. The fraction of sp³-hybridized carbons (Fsp3) is 0.389. The summed E-state index contributed by atoms with van der Waals surface area (Å²) in [5, 5.41) is 0. The van der Waals surface area contributed by atoms with Crippen LogP contribution in [0.5, 0.6) is 0 Å². The molecule has 0 N–H and O–H groups in total. The van der Waals surface area contributed by atoms with Crippen molar-refractivity contribution in [2.75, 3.05) is 6.54 Å². The molecule has 1 aliphatic carbocycles. The summed E-state index contributed by atoms with van der Waals surface area (Å²) in [6.45, 7) is 0.414. The number of nitrogens with zero attached hydrogens (tertiary/aromatic N) is 1. The van der Waals surface area contributed by atoms with Gasteiger partial charge in [0, 0.05) is 17.2 Å². The molecule has 114 valence electrons. The number of benzene rings is 1. The van der Waals surface area contributed by atoms with Gasteiger partial charge in [0.1, 0.15) is 6.29 Å². The molecule has 22 heavy (non-hydrogen) atoms. The number of aldehydes is 1. The Hall–Kier alpha value is -2.23. The van der Waals surface area contributed by atoms with E-state index < -0.39 is 0 Å².